The van der Waals surface area contributed by atoms with Crippen molar-refractivity contribution >= 4 is 40.1 Å². The molecule has 35 heavy (non-hydrogen) atoms. The molecule has 0 spiro atoms. The Morgan fingerprint density at radius 3 is 2.46 bits per heavy atom. The van der Waals surface area contributed by atoms with E-state index < -0.39 is 23.7 Å². The van der Waals surface area contributed by atoms with Crippen molar-refractivity contribution in [3.63, 3.8) is 0 Å². The van der Waals surface area contributed by atoms with Gasteiger partial charge in [0.05, 0.1) is 22.6 Å². The summed E-state index contributed by atoms with van der Waals surface area (Å²) >= 11 is 5.88. The third-order valence-electron chi connectivity index (χ3n) is 5.30. The highest BCUT2D eigenvalue weighted by Gasteiger charge is 2.30. The number of anilines is 1. The highest BCUT2D eigenvalue weighted by atomic mass is 35.5. The number of amides is 2. The van der Waals surface area contributed by atoms with Gasteiger partial charge in [0.25, 0.3) is 5.91 Å². The molecule has 10 heteroatoms. The zero-order chi connectivity index (χ0) is 25.2. The van der Waals surface area contributed by atoms with Crippen LogP contribution in [-0.2, 0) is 17.5 Å². The van der Waals surface area contributed by atoms with Crippen LogP contribution in [0.4, 0.5) is 18.9 Å². The summed E-state index contributed by atoms with van der Waals surface area (Å²) in [6.45, 7) is 1.52. The second kappa shape index (κ2) is 9.79. The third-order valence-corrected chi connectivity index (χ3v) is 5.55. The van der Waals surface area contributed by atoms with Crippen molar-refractivity contribution in [3.05, 3.63) is 94.8 Å². The number of carbonyl (C=O) groups excluding carboxylic acids is 2. The molecule has 0 saturated carbocycles. The van der Waals surface area contributed by atoms with Gasteiger partial charge in [-0.1, -0.05) is 29.8 Å². The number of hydrogen-bond acceptors (Lipinski definition) is 3. The Bertz CT molecular complexity index is 1380. The first-order valence-electron chi connectivity index (χ1n) is 10.6. The molecule has 6 nitrogen and oxygen atoms in total. The molecular weight excluding hydrogens is 481 g/mol. The monoisotopic (exact) mass is 500 g/mol. The fraction of sp³-hybridized carbons (Fsp3) is 0.160. The highest BCUT2D eigenvalue weighted by molar-refractivity contribution is 6.30. The molecule has 3 aromatic carbocycles. The molecule has 4 aromatic rings. The van der Waals surface area contributed by atoms with Gasteiger partial charge in [0, 0.05) is 16.3 Å². The van der Waals surface area contributed by atoms with Crippen LogP contribution in [-0.4, -0.2) is 21.4 Å². The summed E-state index contributed by atoms with van der Waals surface area (Å²) in [6, 6.07) is 17.4. The van der Waals surface area contributed by atoms with E-state index in [-0.39, 0.29) is 18.1 Å². The molecule has 0 saturated heterocycles. The minimum Gasteiger partial charge on any atom is -0.342 e. The Balaban J connectivity index is 1.57. The van der Waals surface area contributed by atoms with E-state index in [0.29, 0.717) is 27.4 Å². The number of hydrogen-bond donors (Lipinski definition) is 2. The molecule has 0 radical (unpaired) electrons. The molecule has 0 fully saturated rings. The van der Waals surface area contributed by atoms with Gasteiger partial charge >= 0.3 is 6.18 Å². The largest absolute Gasteiger partial charge is 0.416 e. The molecule has 4 rings (SSSR count). The zero-order valence-electron chi connectivity index (χ0n) is 18.4. The van der Waals surface area contributed by atoms with Crippen molar-refractivity contribution in [2.45, 2.75) is 25.7 Å². The van der Waals surface area contributed by atoms with Crippen LogP contribution in [0.5, 0.6) is 0 Å². The molecular formula is C25H20ClF3N4O2. The normalized spacial score (nSPS) is 12.4. The summed E-state index contributed by atoms with van der Waals surface area (Å²) in [4.78, 5) is 30.1. The number of nitrogens with zero attached hydrogens (tertiary/aromatic N) is 2. The predicted octanol–water partition coefficient (Wildman–Crippen LogP) is 5.84. The number of fused-ring (bicyclic) bond motifs is 1. The Hall–Kier alpha value is -3.85. The third kappa shape index (κ3) is 5.63. The van der Waals surface area contributed by atoms with Gasteiger partial charge in [0.1, 0.15) is 12.4 Å². The molecule has 0 bridgehead atoms. The van der Waals surface area contributed by atoms with Crippen molar-refractivity contribution in [2.24, 2.45) is 0 Å². The van der Waals surface area contributed by atoms with Gasteiger partial charge in [0.2, 0.25) is 5.91 Å². The summed E-state index contributed by atoms with van der Waals surface area (Å²) in [5.41, 5.74) is 0.838. The van der Waals surface area contributed by atoms with E-state index in [1.54, 1.807) is 60.0 Å². The van der Waals surface area contributed by atoms with E-state index in [0.717, 1.165) is 12.1 Å². The van der Waals surface area contributed by atoms with Crippen molar-refractivity contribution < 1.29 is 22.8 Å². The van der Waals surface area contributed by atoms with Crippen LogP contribution in [0.2, 0.25) is 5.02 Å². The van der Waals surface area contributed by atoms with Crippen molar-refractivity contribution in [1.82, 2.24) is 14.9 Å². The summed E-state index contributed by atoms with van der Waals surface area (Å²) in [5, 5.41) is 5.87. The van der Waals surface area contributed by atoms with Crippen LogP contribution in [0.1, 0.15) is 34.7 Å². The highest BCUT2D eigenvalue weighted by Crippen LogP contribution is 2.30. The first-order chi connectivity index (χ1) is 16.6. The minimum atomic E-state index is -4.52. The topological polar surface area (TPSA) is 76.0 Å². The van der Waals surface area contributed by atoms with E-state index >= 15 is 0 Å². The maximum Gasteiger partial charge on any atom is 0.416 e. The molecule has 180 valence electrons. The van der Waals surface area contributed by atoms with Gasteiger partial charge in [-0.3, -0.25) is 9.59 Å². The average Bonchev–Trinajstić information content (AvgIpc) is 3.17. The summed E-state index contributed by atoms with van der Waals surface area (Å²) in [5.74, 6) is -0.459. The smallest absolute Gasteiger partial charge is 0.342 e. The Labute approximate surface area is 203 Å². The quantitative estimate of drug-likeness (QED) is 0.349. The number of nitrogens with one attached hydrogen (secondary N) is 2. The van der Waals surface area contributed by atoms with Gasteiger partial charge in [-0.25, -0.2) is 4.98 Å². The van der Waals surface area contributed by atoms with Crippen LogP contribution < -0.4 is 10.6 Å². The van der Waals surface area contributed by atoms with E-state index in [4.69, 9.17) is 11.6 Å². The second-order valence-electron chi connectivity index (χ2n) is 7.87. The lowest BCUT2D eigenvalue weighted by molar-refractivity contribution is -0.137. The van der Waals surface area contributed by atoms with Crippen LogP contribution in [0.25, 0.3) is 11.0 Å². The van der Waals surface area contributed by atoms with Crippen molar-refractivity contribution in [2.75, 3.05) is 5.32 Å². The van der Waals surface area contributed by atoms with Crippen LogP contribution in [0, 0.1) is 0 Å². The SMILES string of the molecule is CC(NC(=O)c1ccc(Cl)cc1)c1nc2ccccc2n1CC(=O)Nc1cccc(C(F)(F)F)c1. The van der Waals surface area contributed by atoms with Gasteiger partial charge in [-0.2, -0.15) is 13.2 Å². The molecule has 2 amide bonds. The molecule has 0 aliphatic carbocycles. The number of carbonyl (C=O) groups is 2. The minimum absolute atomic E-state index is 0.0277. The number of alkyl halides is 3. The van der Waals surface area contributed by atoms with E-state index in [9.17, 15) is 22.8 Å². The molecule has 0 aliphatic rings. The predicted molar refractivity (Wildman–Crippen MR) is 127 cm³/mol. The zero-order valence-corrected chi connectivity index (χ0v) is 19.2. The number of para-hydroxylation sites is 2. The maximum absolute atomic E-state index is 13.0. The summed E-state index contributed by atoms with van der Waals surface area (Å²) in [7, 11) is 0. The number of halogens is 4. The van der Waals surface area contributed by atoms with Gasteiger partial charge in [-0.15, -0.1) is 0 Å². The lowest BCUT2D eigenvalue weighted by Gasteiger charge is -2.17. The van der Waals surface area contributed by atoms with E-state index in [2.05, 4.69) is 15.6 Å². The van der Waals surface area contributed by atoms with Crippen LogP contribution in [0.15, 0.2) is 72.8 Å². The van der Waals surface area contributed by atoms with Crippen molar-refractivity contribution in [1.29, 1.82) is 0 Å². The van der Waals surface area contributed by atoms with E-state index in [1.165, 1.54) is 12.1 Å². The van der Waals surface area contributed by atoms with Crippen LogP contribution >= 0.6 is 11.6 Å². The Morgan fingerprint density at radius 2 is 1.74 bits per heavy atom. The fourth-order valence-corrected chi connectivity index (χ4v) is 3.78. The number of benzene rings is 3. The average molecular weight is 501 g/mol. The van der Waals surface area contributed by atoms with Crippen molar-refractivity contribution in [3.8, 4) is 0 Å². The van der Waals surface area contributed by atoms with Gasteiger partial charge in [-0.05, 0) is 61.5 Å². The molecule has 1 heterocycles. The standard InChI is InChI=1S/C25H20ClF3N4O2/c1-15(30-24(35)16-9-11-18(26)12-10-16)23-32-20-7-2-3-8-21(20)33(23)14-22(34)31-19-6-4-5-17(13-19)25(27,28)29/h2-13,15H,14H2,1H3,(H,30,35)(H,31,34). The maximum atomic E-state index is 13.0. The molecule has 2 N–H and O–H groups in total. The lowest BCUT2D eigenvalue weighted by atomic mass is 10.2. The van der Waals surface area contributed by atoms with Gasteiger partial charge in [0.15, 0.2) is 0 Å². The second-order valence-corrected chi connectivity index (χ2v) is 8.31. The fourth-order valence-electron chi connectivity index (χ4n) is 3.65. The molecule has 0 aliphatic heterocycles. The van der Waals surface area contributed by atoms with Crippen LogP contribution in [0.3, 0.4) is 0 Å². The summed E-state index contributed by atoms with van der Waals surface area (Å²) in [6.07, 6.45) is -4.52. The van der Waals surface area contributed by atoms with E-state index in [1.807, 2.05) is 0 Å². The number of aromatic nitrogens is 2. The molecule has 1 unspecified atom stereocenters. The lowest BCUT2D eigenvalue weighted by Crippen LogP contribution is -2.30. The number of imidazole rings is 1. The first kappa shape index (κ1) is 24.3. The molecule has 1 atom stereocenters. The Kier molecular flexibility index (Phi) is 6.79. The molecule has 1 aromatic heterocycles. The Morgan fingerprint density at radius 1 is 1.03 bits per heavy atom. The number of rotatable bonds is 6. The van der Waals surface area contributed by atoms with Gasteiger partial charge < -0.3 is 15.2 Å². The first-order valence-corrected chi connectivity index (χ1v) is 11.0. The summed E-state index contributed by atoms with van der Waals surface area (Å²) < 4.78 is 40.7.